The van der Waals surface area contributed by atoms with Gasteiger partial charge in [-0.3, -0.25) is 10.6 Å². The summed E-state index contributed by atoms with van der Waals surface area (Å²) in [4.78, 5) is 18.8. The zero-order chi connectivity index (χ0) is 12.1. The quantitative estimate of drug-likeness (QED) is 0.458. The number of carbonyl (C=O) groups excluding carboxylic acids is 1. The zero-order valence-corrected chi connectivity index (χ0v) is 9.10. The lowest BCUT2D eigenvalue weighted by Crippen LogP contribution is -2.25. The molecule has 0 aliphatic carbocycles. The maximum atomic E-state index is 11.9. The summed E-state index contributed by atoms with van der Waals surface area (Å²) in [7, 11) is 0. The number of nitrogens with two attached hydrogens (primary N) is 1. The van der Waals surface area contributed by atoms with Crippen molar-refractivity contribution in [3.63, 3.8) is 0 Å². The lowest BCUT2D eigenvalue weighted by Gasteiger charge is -2.08. The number of carbonyl (C=O) groups is 1. The van der Waals surface area contributed by atoms with Crippen molar-refractivity contribution >= 4 is 11.6 Å². The van der Waals surface area contributed by atoms with Gasteiger partial charge in [0, 0.05) is 12.4 Å². The highest BCUT2D eigenvalue weighted by atomic mass is 16.1. The number of H-pyrrole nitrogens is 1. The maximum absolute atomic E-state index is 11.9. The van der Waals surface area contributed by atoms with Gasteiger partial charge in [0.25, 0.3) is 5.91 Å². The van der Waals surface area contributed by atoms with Crippen LogP contribution in [0.2, 0.25) is 0 Å². The van der Waals surface area contributed by atoms with Gasteiger partial charge >= 0.3 is 0 Å². The van der Waals surface area contributed by atoms with E-state index in [1.54, 1.807) is 36.7 Å². The number of imidazole rings is 1. The third-order valence-electron chi connectivity index (χ3n) is 2.30. The van der Waals surface area contributed by atoms with Crippen molar-refractivity contribution in [2.75, 3.05) is 5.43 Å². The number of nitrogen functional groups attached to an aromatic ring is 1. The number of nitrogens with one attached hydrogen (secondary N) is 3. The molecule has 0 unspecified atom stereocenters. The first kappa shape index (κ1) is 11.2. The van der Waals surface area contributed by atoms with Gasteiger partial charge < -0.3 is 15.7 Å². The standard InChI is InChI=1S/C11H13N5O/c12-16-9-4-2-1-3-8(9)11(17)15-7-10-13-5-6-14-10/h1-6,16H,7,12H2,(H,13,14)(H,15,17). The fourth-order valence-corrected chi connectivity index (χ4v) is 1.46. The van der Waals surface area contributed by atoms with Gasteiger partial charge in [0.2, 0.25) is 0 Å². The molecule has 6 nitrogen and oxygen atoms in total. The molecule has 0 radical (unpaired) electrons. The van der Waals surface area contributed by atoms with Crippen molar-refractivity contribution in [3.05, 3.63) is 48.0 Å². The number of hydrogen-bond acceptors (Lipinski definition) is 4. The summed E-state index contributed by atoms with van der Waals surface area (Å²) in [6.45, 7) is 0.352. The molecule has 0 saturated carbocycles. The Morgan fingerprint density at radius 3 is 2.94 bits per heavy atom. The number of amides is 1. The fourth-order valence-electron chi connectivity index (χ4n) is 1.46. The minimum Gasteiger partial charge on any atom is -0.347 e. The SMILES string of the molecule is NNc1ccccc1C(=O)NCc1ncc[nH]1. The molecule has 5 N–H and O–H groups in total. The highest BCUT2D eigenvalue weighted by Crippen LogP contribution is 2.13. The number of benzene rings is 1. The first-order valence-electron chi connectivity index (χ1n) is 5.13. The van der Waals surface area contributed by atoms with E-state index in [0.717, 1.165) is 0 Å². The Labute approximate surface area is 98.2 Å². The summed E-state index contributed by atoms with van der Waals surface area (Å²) in [5.41, 5.74) is 3.57. The molecule has 0 aliphatic rings. The van der Waals surface area contributed by atoms with Gasteiger partial charge in [0.05, 0.1) is 17.8 Å². The van der Waals surface area contributed by atoms with Crippen LogP contribution in [0.3, 0.4) is 0 Å². The number of aromatic nitrogens is 2. The second-order valence-corrected chi connectivity index (χ2v) is 3.41. The molecule has 1 aromatic heterocycles. The van der Waals surface area contributed by atoms with E-state index in [4.69, 9.17) is 5.84 Å². The first-order valence-corrected chi connectivity index (χ1v) is 5.13. The van der Waals surface area contributed by atoms with Crippen molar-refractivity contribution in [1.29, 1.82) is 0 Å². The van der Waals surface area contributed by atoms with E-state index in [2.05, 4.69) is 20.7 Å². The molecule has 0 saturated heterocycles. The molecule has 6 heteroatoms. The topological polar surface area (TPSA) is 95.8 Å². The van der Waals surface area contributed by atoms with E-state index in [9.17, 15) is 4.79 Å². The summed E-state index contributed by atoms with van der Waals surface area (Å²) in [6.07, 6.45) is 3.34. The fraction of sp³-hybridized carbons (Fsp3) is 0.0909. The second-order valence-electron chi connectivity index (χ2n) is 3.41. The number of para-hydroxylation sites is 1. The van der Waals surface area contributed by atoms with E-state index in [1.165, 1.54) is 0 Å². The van der Waals surface area contributed by atoms with Crippen LogP contribution in [0, 0.1) is 0 Å². The highest BCUT2D eigenvalue weighted by Gasteiger charge is 2.09. The third kappa shape index (κ3) is 2.61. The van der Waals surface area contributed by atoms with Crippen LogP contribution in [0.25, 0.3) is 0 Å². The molecule has 1 amide bonds. The Morgan fingerprint density at radius 2 is 2.24 bits per heavy atom. The number of rotatable bonds is 4. The molecule has 88 valence electrons. The van der Waals surface area contributed by atoms with E-state index in [-0.39, 0.29) is 5.91 Å². The minimum absolute atomic E-state index is 0.199. The lowest BCUT2D eigenvalue weighted by molar-refractivity contribution is 0.0950. The number of nitrogens with zero attached hydrogens (tertiary/aromatic N) is 1. The van der Waals surface area contributed by atoms with Gasteiger partial charge in [-0.1, -0.05) is 12.1 Å². The summed E-state index contributed by atoms with van der Waals surface area (Å²) >= 11 is 0. The van der Waals surface area contributed by atoms with Crippen LogP contribution in [-0.4, -0.2) is 15.9 Å². The number of hydrazine groups is 1. The minimum atomic E-state index is -0.199. The Hall–Kier alpha value is -2.34. The van der Waals surface area contributed by atoms with Crippen molar-refractivity contribution in [2.45, 2.75) is 6.54 Å². The number of aromatic amines is 1. The van der Waals surface area contributed by atoms with Crippen LogP contribution in [0.4, 0.5) is 5.69 Å². The van der Waals surface area contributed by atoms with E-state index in [0.29, 0.717) is 23.6 Å². The summed E-state index contributed by atoms with van der Waals surface area (Å²) in [5.74, 6) is 5.84. The molecule has 0 atom stereocenters. The Balaban J connectivity index is 2.04. The van der Waals surface area contributed by atoms with Crippen LogP contribution < -0.4 is 16.6 Å². The summed E-state index contributed by atoms with van der Waals surface area (Å²) < 4.78 is 0. The molecule has 0 bridgehead atoms. The highest BCUT2D eigenvalue weighted by molar-refractivity contribution is 5.99. The van der Waals surface area contributed by atoms with E-state index < -0.39 is 0 Å². The molecule has 2 aromatic rings. The predicted molar refractivity (Wildman–Crippen MR) is 64.0 cm³/mol. The Morgan fingerprint density at radius 1 is 1.41 bits per heavy atom. The first-order chi connectivity index (χ1) is 8.31. The lowest BCUT2D eigenvalue weighted by atomic mass is 10.1. The normalized spacial score (nSPS) is 9.94. The predicted octanol–water partition coefficient (Wildman–Crippen LogP) is 0.625. The second kappa shape index (κ2) is 5.13. The van der Waals surface area contributed by atoms with Gasteiger partial charge in [0.15, 0.2) is 0 Å². The molecule has 0 fully saturated rings. The van der Waals surface area contributed by atoms with Crippen LogP contribution >= 0.6 is 0 Å². The monoisotopic (exact) mass is 231 g/mol. The molecule has 1 heterocycles. The van der Waals surface area contributed by atoms with Crippen molar-refractivity contribution in [3.8, 4) is 0 Å². The largest absolute Gasteiger partial charge is 0.347 e. The van der Waals surface area contributed by atoms with Crippen LogP contribution in [0.5, 0.6) is 0 Å². The Bertz CT molecular complexity index is 494. The van der Waals surface area contributed by atoms with Crippen molar-refractivity contribution in [1.82, 2.24) is 15.3 Å². The van der Waals surface area contributed by atoms with Crippen molar-refractivity contribution < 1.29 is 4.79 Å². The third-order valence-corrected chi connectivity index (χ3v) is 2.30. The number of anilines is 1. The molecule has 2 rings (SSSR count). The van der Waals surface area contributed by atoms with Gasteiger partial charge in [-0.25, -0.2) is 4.98 Å². The molecular weight excluding hydrogens is 218 g/mol. The number of hydrogen-bond donors (Lipinski definition) is 4. The summed E-state index contributed by atoms with van der Waals surface area (Å²) in [6, 6.07) is 7.02. The zero-order valence-electron chi connectivity index (χ0n) is 9.10. The molecular formula is C11H13N5O. The van der Waals surface area contributed by atoms with Gasteiger partial charge in [-0.05, 0) is 12.1 Å². The van der Waals surface area contributed by atoms with E-state index in [1.807, 2.05) is 0 Å². The average Bonchev–Trinajstić information content (AvgIpc) is 2.89. The summed E-state index contributed by atoms with van der Waals surface area (Å²) in [5, 5.41) is 2.75. The van der Waals surface area contributed by atoms with Crippen LogP contribution in [-0.2, 0) is 6.54 Å². The van der Waals surface area contributed by atoms with E-state index >= 15 is 0 Å². The van der Waals surface area contributed by atoms with Gasteiger partial charge in [-0.15, -0.1) is 0 Å². The molecule has 1 aromatic carbocycles. The maximum Gasteiger partial charge on any atom is 0.253 e. The average molecular weight is 231 g/mol. The smallest absolute Gasteiger partial charge is 0.253 e. The van der Waals surface area contributed by atoms with Crippen LogP contribution in [0.1, 0.15) is 16.2 Å². The molecule has 17 heavy (non-hydrogen) atoms. The molecule has 0 spiro atoms. The van der Waals surface area contributed by atoms with Gasteiger partial charge in [-0.2, -0.15) is 0 Å². The van der Waals surface area contributed by atoms with Gasteiger partial charge in [0.1, 0.15) is 5.82 Å². The molecule has 0 aliphatic heterocycles. The Kier molecular flexibility index (Phi) is 3.37. The van der Waals surface area contributed by atoms with Crippen molar-refractivity contribution in [2.24, 2.45) is 5.84 Å². The van der Waals surface area contributed by atoms with Crippen LogP contribution in [0.15, 0.2) is 36.7 Å².